The Morgan fingerprint density at radius 2 is 1.91 bits per heavy atom. The summed E-state index contributed by atoms with van der Waals surface area (Å²) in [6.45, 7) is 4.71. The van der Waals surface area contributed by atoms with E-state index in [9.17, 15) is 9.59 Å². The van der Waals surface area contributed by atoms with Gasteiger partial charge in [0.2, 0.25) is 0 Å². The maximum atomic E-state index is 12.3. The lowest BCUT2D eigenvalue weighted by atomic mass is 10.4. The number of rotatable bonds is 3. The summed E-state index contributed by atoms with van der Waals surface area (Å²) >= 11 is 4.53. The van der Waals surface area contributed by atoms with Crippen molar-refractivity contribution in [1.29, 1.82) is 0 Å². The van der Waals surface area contributed by atoms with Gasteiger partial charge in [-0.2, -0.15) is 0 Å². The molecule has 1 aromatic heterocycles. The maximum Gasteiger partial charge on any atom is 0.281 e. The van der Waals surface area contributed by atoms with Crippen molar-refractivity contribution in [3.8, 4) is 0 Å². The Morgan fingerprint density at radius 3 is 2.61 bits per heavy atom. The highest BCUT2D eigenvalue weighted by Crippen LogP contribution is 2.31. The van der Waals surface area contributed by atoms with Gasteiger partial charge in [0.1, 0.15) is 9.46 Å². The van der Waals surface area contributed by atoms with Crippen LogP contribution in [0.2, 0.25) is 0 Å². The fourth-order valence-electron chi connectivity index (χ4n) is 2.23. The standard InChI is InChI=1S/C13H18N4O3S3/c1-8-9(23-13(14-8)17-2-4-20-5-3-17)10(18)15-16-11(19)12-21-6-7-22-12/h12H,2-7H2,1H3,(H,15,18)(H,16,19). The summed E-state index contributed by atoms with van der Waals surface area (Å²) in [5.74, 6) is 1.45. The molecule has 0 unspecified atom stereocenters. The SMILES string of the molecule is Cc1nc(N2CCOCC2)sc1C(=O)NNC(=O)C1SCCS1. The van der Waals surface area contributed by atoms with Crippen LogP contribution < -0.4 is 15.8 Å². The maximum absolute atomic E-state index is 12.3. The average Bonchev–Trinajstić information content (AvgIpc) is 3.23. The van der Waals surface area contributed by atoms with Crippen molar-refractivity contribution in [2.75, 3.05) is 42.7 Å². The molecule has 2 N–H and O–H groups in total. The number of thioether (sulfide) groups is 2. The highest BCUT2D eigenvalue weighted by atomic mass is 32.2. The number of nitrogens with zero attached hydrogens (tertiary/aromatic N) is 2. The van der Waals surface area contributed by atoms with Gasteiger partial charge in [0, 0.05) is 24.6 Å². The molecule has 0 spiro atoms. The number of aryl methyl sites for hydroxylation is 1. The number of carbonyl (C=O) groups is 2. The van der Waals surface area contributed by atoms with Crippen LogP contribution in [0.25, 0.3) is 0 Å². The van der Waals surface area contributed by atoms with Crippen LogP contribution in [0.15, 0.2) is 0 Å². The largest absolute Gasteiger partial charge is 0.378 e. The number of thiazole rings is 1. The van der Waals surface area contributed by atoms with E-state index in [0.29, 0.717) is 23.8 Å². The zero-order valence-electron chi connectivity index (χ0n) is 12.7. The lowest BCUT2D eigenvalue weighted by Crippen LogP contribution is -2.44. The van der Waals surface area contributed by atoms with Gasteiger partial charge in [0.25, 0.3) is 11.8 Å². The Morgan fingerprint density at radius 1 is 1.22 bits per heavy atom. The molecule has 0 atom stereocenters. The summed E-state index contributed by atoms with van der Waals surface area (Å²) < 4.78 is 5.19. The van der Waals surface area contributed by atoms with E-state index in [1.165, 1.54) is 11.3 Å². The number of amides is 2. The molecule has 1 aromatic rings. The lowest BCUT2D eigenvalue weighted by Gasteiger charge is -2.25. The van der Waals surface area contributed by atoms with Gasteiger partial charge in [-0.05, 0) is 6.92 Å². The molecular formula is C13H18N4O3S3. The number of anilines is 1. The molecular weight excluding hydrogens is 356 g/mol. The molecule has 0 bridgehead atoms. The molecule has 2 amide bonds. The van der Waals surface area contributed by atoms with Crippen molar-refractivity contribution in [1.82, 2.24) is 15.8 Å². The molecule has 7 nitrogen and oxygen atoms in total. The third-order valence-corrected chi connectivity index (χ3v) is 7.61. The number of morpholine rings is 1. The molecule has 23 heavy (non-hydrogen) atoms. The van der Waals surface area contributed by atoms with Crippen LogP contribution >= 0.6 is 34.9 Å². The summed E-state index contributed by atoms with van der Waals surface area (Å²) in [5.41, 5.74) is 5.67. The van der Waals surface area contributed by atoms with Gasteiger partial charge >= 0.3 is 0 Å². The highest BCUT2D eigenvalue weighted by Gasteiger charge is 2.25. The first kappa shape index (κ1) is 16.9. The number of carbonyl (C=O) groups excluding carboxylic acids is 2. The molecule has 10 heteroatoms. The minimum atomic E-state index is -0.319. The van der Waals surface area contributed by atoms with Crippen LogP contribution in [0.1, 0.15) is 15.4 Å². The second kappa shape index (κ2) is 7.73. The predicted octanol–water partition coefficient (Wildman–Crippen LogP) is 0.855. The molecule has 2 fully saturated rings. The van der Waals surface area contributed by atoms with Crippen LogP contribution in [0, 0.1) is 6.92 Å². The zero-order valence-corrected chi connectivity index (χ0v) is 15.1. The van der Waals surface area contributed by atoms with Gasteiger partial charge in [-0.3, -0.25) is 20.4 Å². The topological polar surface area (TPSA) is 83.6 Å². The summed E-state index contributed by atoms with van der Waals surface area (Å²) in [6, 6.07) is 0. The van der Waals surface area contributed by atoms with Gasteiger partial charge in [0.05, 0.1) is 18.9 Å². The van der Waals surface area contributed by atoms with E-state index in [2.05, 4.69) is 20.7 Å². The summed E-state index contributed by atoms with van der Waals surface area (Å²) in [5, 5.41) is 0.823. The first-order chi connectivity index (χ1) is 11.1. The van der Waals surface area contributed by atoms with E-state index in [-0.39, 0.29) is 16.4 Å². The summed E-state index contributed by atoms with van der Waals surface area (Å²) in [7, 11) is 0. The van der Waals surface area contributed by atoms with Crippen LogP contribution in [-0.4, -0.2) is 59.2 Å². The Bertz CT molecular complexity index is 583. The van der Waals surface area contributed by atoms with E-state index in [1.54, 1.807) is 30.4 Å². The Labute approximate surface area is 146 Å². The van der Waals surface area contributed by atoms with Gasteiger partial charge in [-0.1, -0.05) is 11.3 Å². The summed E-state index contributed by atoms with van der Waals surface area (Å²) in [6.07, 6.45) is 0. The van der Waals surface area contributed by atoms with Crippen LogP contribution in [0.3, 0.4) is 0 Å². The molecule has 3 heterocycles. The van der Waals surface area contributed by atoms with Crippen molar-refractivity contribution in [3.05, 3.63) is 10.6 Å². The molecule has 126 valence electrons. The van der Waals surface area contributed by atoms with Crippen molar-refractivity contribution in [2.45, 2.75) is 11.5 Å². The molecule has 0 radical (unpaired) electrons. The zero-order chi connectivity index (χ0) is 16.2. The van der Waals surface area contributed by atoms with Gasteiger partial charge in [0.15, 0.2) is 5.13 Å². The molecule has 3 rings (SSSR count). The van der Waals surface area contributed by atoms with Crippen molar-refractivity contribution < 1.29 is 14.3 Å². The van der Waals surface area contributed by atoms with E-state index >= 15 is 0 Å². The van der Waals surface area contributed by atoms with E-state index in [0.717, 1.165) is 29.7 Å². The van der Waals surface area contributed by atoms with Gasteiger partial charge < -0.3 is 9.64 Å². The van der Waals surface area contributed by atoms with Gasteiger partial charge in [-0.25, -0.2) is 4.98 Å². The molecule has 2 aliphatic heterocycles. The van der Waals surface area contributed by atoms with Crippen LogP contribution in [-0.2, 0) is 9.53 Å². The normalized spacial score (nSPS) is 18.9. The predicted molar refractivity (Wildman–Crippen MR) is 94.2 cm³/mol. The number of hydrogen-bond acceptors (Lipinski definition) is 8. The third-order valence-electron chi connectivity index (χ3n) is 3.41. The van der Waals surface area contributed by atoms with Crippen molar-refractivity contribution in [3.63, 3.8) is 0 Å². The monoisotopic (exact) mass is 374 g/mol. The fraction of sp³-hybridized carbons (Fsp3) is 0.615. The van der Waals surface area contributed by atoms with Crippen LogP contribution in [0.4, 0.5) is 5.13 Å². The minimum Gasteiger partial charge on any atom is -0.378 e. The third kappa shape index (κ3) is 4.11. The molecule has 2 saturated heterocycles. The molecule has 0 aliphatic carbocycles. The first-order valence-corrected chi connectivity index (χ1v) is 10.2. The second-order valence-corrected chi connectivity index (χ2v) is 8.73. The van der Waals surface area contributed by atoms with Crippen molar-refractivity contribution in [2.24, 2.45) is 0 Å². The van der Waals surface area contributed by atoms with E-state index in [4.69, 9.17) is 4.74 Å². The smallest absolute Gasteiger partial charge is 0.281 e. The number of ether oxygens (including phenoxy) is 1. The Balaban J connectivity index is 1.58. The molecule has 0 aromatic carbocycles. The van der Waals surface area contributed by atoms with Crippen LogP contribution in [0.5, 0.6) is 0 Å². The number of hydrazine groups is 1. The number of hydrogen-bond donors (Lipinski definition) is 2. The number of aromatic nitrogens is 1. The molecule has 0 saturated carbocycles. The van der Waals surface area contributed by atoms with Gasteiger partial charge in [-0.15, -0.1) is 23.5 Å². The average molecular weight is 375 g/mol. The lowest BCUT2D eigenvalue weighted by molar-refractivity contribution is -0.119. The van der Waals surface area contributed by atoms with E-state index < -0.39 is 0 Å². The fourth-order valence-corrected chi connectivity index (χ4v) is 5.82. The second-order valence-electron chi connectivity index (χ2n) is 5.03. The highest BCUT2D eigenvalue weighted by molar-refractivity contribution is 8.21. The minimum absolute atomic E-state index is 0.137. The first-order valence-electron chi connectivity index (χ1n) is 7.28. The Kier molecular flexibility index (Phi) is 5.67. The Hall–Kier alpha value is -0.970. The van der Waals surface area contributed by atoms with E-state index in [1.807, 2.05) is 0 Å². The molecule has 2 aliphatic rings. The quantitative estimate of drug-likeness (QED) is 0.759. The number of nitrogens with one attached hydrogen (secondary N) is 2. The summed E-state index contributed by atoms with van der Waals surface area (Å²) in [4.78, 5) is 31.3. The van der Waals surface area contributed by atoms with Crippen molar-refractivity contribution >= 4 is 51.8 Å².